The lowest BCUT2D eigenvalue weighted by Gasteiger charge is -2.49. The van der Waals surface area contributed by atoms with E-state index in [0.29, 0.717) is 12.8 Å². The van der Waals surface area contributed by atoms with E-state index in [0.717, 1.165) is 55.9 Å². The normalized spacial score (nSPS) is 20.8. The van der Waals surface area contributed by atoms with Crippen LogP contribution in [0.5, 0.6) is 0 Å². The minimum absolute atomic E-state index is 0.500. The van der Waals surface area contributed by atoms with Crippen LogP contribution in [0.2, 0.25) is 0 Å². The Kier molecular flexibility index (Phi) is 5.20. The first kappa shape index (κ1) is 23.7. The molecule has 0 saturated heterocycles. The predicted molar refractivity (Wildman–Crippen MR) is 155 cm³/mol. The molecule has 3 aromatic carbocycles. The summed E-state index contributed by atoms with van der Waals surface area (Å²) in [6.45, 7) is 3.92. The number of nitrogens with two attached hydrogens (primary N) is 1. The van der Waals surface area contributed by atoms with Crippen LogP contribution in [0.1, 0.15) is 30.9 Å². The predicted octanol–water partition coefficient (Wildman–Crippen LogP) is 6.29. The Morgan fingerprint density at radius 2 is 1.54 bits per heavy atom. The van der Waals surface area contributed by atoms with Crippen LogP contribution in [0.15, 0.2) is 97.2 Å². The standard InChI is InChI=1S/C33H29N5O/c1-21-8-10-23(11-9-21)28-17-29-35-18-25-16-27(22-6-4-3-5-7-22)30(36-31(25)38(29)37-28)24-12-14-26(15-13-24)33(34)19-32(2,39)20-33/h3-18,39H,19-20,34H2,1-2H3. The van der Waals surface area contributed by atoms with Crippen LogP contribution in [-0.4, -0.2) is 30.3 Å². The van der Waals surface area contributed by atoms with Gasteiger partial charge in [-0.3, -0.25) is 0 Å². The SMILES string of the molecule is Cc1ccc(-c2cc3ncc4cc(-c5ccccc5)c(-c5ccc(C6(N)CC(C)(O)C6)cc5)nc4n3n2)cc1. The Hall–Kier alpha value is -4.39. The first-order valence-electron chi connectivity index (χ1n) is 13.2. The van der Waals surface area contributed by atoms with Crippen LogP contribution in [0.3, 0.4) is 0 Å². The average Bonchev–Trinajstić information content (AvgIpc) is 3.37. The molecule has 6 nitrogen and oxygen atoms in total. The molecule has 0 aliphatic heterocycles. The highest BCUT2D eigenvalue weighted by Crippen LogP contribution is 2.46. The number of aryl methyl sites for hydroxylation is 1. The lowest BCUT2D eigenvalue weighted by atomic mass is 9.63. The molecular formula is C33H29N5O. The molecule has 3 aromatic heterocycles. The highest BCUT2D eigenvalue weighted by atomic mass is 16.3. The zero-order chi connectivity index (χ0) is 26.8. The second-order valence-electron chi connectivity index (χ2n) is 11.2. The number of hydrogen-bond donors (Lipinski definition) is 2. The van der Waals surface area contributed by atoms with Crippen molar-refractivity contribution in [2.45, 2.75) is 37.8 Å². The molecule has 7 rings (SSSR count). The molecule has 1 saturated carbocycles. The summed E-state index contributed by atoms with van der Waals surface area (Å²) in [4.78, 5) is 9.91. The van der Waals surface area contributed by atoms with Crippen molar-refractivity contribution >= 4 is 16.7 Å². The van der Waals surface area contributed by atoms with Gasteiger partial charge in [-0.1, -0.05) is 84.4 Å². The second-order valence-corrected chi connectivity index (χ2v) is 11.2. The maximum absolute atomic E-state index is 10.3. The molecule has 1 aliphatic carbocycles. The summed E-state index contributed by atoms with van der Waals surface area (Å²) in [6, 6.07) is 31.1. The van der Waals surface area contributed by atoms with Crippen molar-refractivity contribution in [3.8, 4) is 33.6 Å². The smallest absolute Gasteiger partial charge is 0.165 e. The van der Waals surface area contributed by atoms with Gasteiger partial charge in [0.25, 0.3) is 0 Å². The van der Waals surface area contributed by atoms with Crippen molar-refractivity contribution in [2.24, 2.45) is 5.73 Å². The molecule has 3 N–H and O–H groups in total. The number of rotatable bonds is 4. The summed E-state index contributed by atoms with van der Waals surface area (Å²) in [6.07, 6.45) is 2.98. The molecule has 0 spiro atoms. The third-order valence-electron chi connectivity index (χ3n) is 7.82. The van der Waals surface area contributed by atoms with Gasteiger partial charge in [0.05, 0.1) is 17.0 Å². The molecule has 39 heavy (non-hydrogen) atoms. The van der Waals surface area contributed by atoms with Crippen LogP contribution in [0.4, 0.5) is 0 Å². The molecule has 0 atom stereocenters. The molecule has 3 heterocycles. The Balaban J connectivity index is 1.39. The van der Waals surface area contributed by atoms with E-state index in [4.69, 9.17) is 20.8 Å². The van der Waals surface area contributed by atoms with Gasteiger partial charge < -0.3 is 10.8 Å². The van der Waals surface area contributed by atoms with Gasteiger partial charge in [0.15, 0.2) is 11.3 Å². The Morgan fingerprint density at radius 1 is 0.846 bits per heavy atom. The van der Waals surface area contributed by atoms with E-state index in [-0.39, 0.29) is 0 Å². The van der Waals surface area contributed by atoms with Crippen LogP contribution >= 0.6 is 0 Å². The van der Waals surface area contributed by atoms with Gasteiger partial charge >= 0.3 is 0 Å². The van der Waals surface area contributed by atoms with E-state index in [2.05, 4.69) is 73.7 Å². The minimum Gasteiger partial charge on any atom is -0.390 e. The van der Waals surface area contributed by atoms with Crippen LogP contribution in [0.25, 0.3) is 50.3 Å². The first-order valence-corrected chi connectivity index (χ1v) is 13.2. The van der Waals surface area contributed by atoms with Crippen molar-refractivity contribution in [1.29, 1.82) is 0 Å². The largest absolute Gasteiger partial charge is 0.390 e. The van der Waals surface area contributed by atoms with Gasteiger partial charge in [-0.2, -0.15) is 9.61 Å². The molecule has 0 radical (unpaired) electrons. The lowest BCUT2D eigenvalue weighted by Crippen LogP contribution is -2.58. The molecule has 1 fully saturated rings. The number of hydrogen-bond acceptors (Lipinski definition) is 5. The average molecular weight is 512 g/mol. The van der Waals surface area contributed by atoms with Crippen molar-refractivity contribution in [2.75, 3.05) is 0 Å². The topological polar surface area (TPSA) is 89.3 Å². The van der Waals surface area contributed by atoms with Crippen molar-refractivity contribution < 1.29 is 5.11 Å². The summed E-state index contributed by atoms with van der Waals surface area (Å²) < 4.78 is 1.84. The van der Waals surface area contributed by atoms with E-state index >= 15 is 0 Å². The van der Waals surface area contributed by atoms with Gasteiger partial charge in [0, 0.05) is 39.9 Å². The Labute approximate surface area is 226 Å². The number of aliphatic hydroxyl groups is 1. The summed E-state index contributed by atoms with van der Waals surface area (Å²) in [7, 11) is 0. The van der Waals surface area contributed by atoms with E-state index in [1.54, 1.807) is 0 Å². The summed E-state index contributed by atoms with van der Waals surface area (Å²) in [5.41, 5.74) is 15.0. The maximum atomic E-state index is 10.3. The third kappa shape index (κ3) is 4.09. The van der Waals surface area contributed by atoms with Crippen LogP contribution in [-0.2, 0) is 5.54 Å². The fourth-order valence-electron chi connectivity index (χ4n) is 5.93. The van der Waals surface area contributed by atoms with Crippen molar-refractivity contribution in [3.63, 3.8) is 0 Å². The zero-order valence-corrected chi connectivity index (χ0v) is 22.0. The van der Waals surface area contributed by atoms with Crippen LogP contribution < -0.4 is 5.73 Å². The highest BCUT2D eigenvalue weighted by Gasteiger charge is 2.49. The monoisotopic (exact) mass is 511 g/mol. The fraction of sp³-hybridized carbons (Fsp3) is 0.182. The van der Waals surface area contributed by atoms with E-state index in [1.807, 2.05) is 41.9 Å². The van der Waals surface area contributed by atoms with Gasteiger partial charge in [0.2, 0.25) is 0 Å². The summed E-state index contributed by atoms with van der Waals surface area (Å²) in [5, 5.41) is 16.1. The molecule has 0 amide bonds. The number of nitrogens with zero attached hydrogens (tertiary/aromatic N) is 4. The van der Waals surface area contributed by atoms with Crippen molar-refractivity contribution in [3.05, 3.63) is 108 Å². The van der Waals surface area contributed by atoms with E-state index in [1.165, 1.54) is 5.56 Å². The molecule has 0 unspecified atom stereocenters. The molecular weight excluding hydrogens is 482 g/mol. The minimum atomic E-state index is -0.700. The molecule has 0 bridgehead atoms. The van der Waals surface area contributed by atoms with Gasteiger partial charge in [-0.15, -0.1) is 0 Å². The fourth-order valence-corrected chi connectivity index (χ4v) is 5.93. The molecule has 6 aromatic rings. The number of aromatic nitrogens is 4. The molecule has 1 aliphatic rings. The summed E-state index contributed by atoms with van der Waals surface area (Å²) >= 11 is 0. The third-order valence-corrected chi connectivity index (χ3v) is 7.82. The molecule has 6 heteroatoms. The number of pyridine rings is 1. The number of fused-ring (bicyclic) bond motifs is 3. The quantitative estimate of drug-likeness (QED) is 0.291. The van der Waals surface area contributed by atoms with Crippen LogP contribution in [0, 0.1) is 6.92 Å². The van der Waals surface area contributed by atoms with Gasteiger partial charge in [-0.05, 0) is 43.9 Å². The molecule has 192 valence electrons. The highest BCUT2D eigenvalue weighted by molar-refractivity contribution is 5.91. The second kappa shape index (κ2) is 8.56. The van der Waals surface area contributed by atoms with Gasteiger partial charge in [-0.25, -0.2) is 9.97 Å². The van der Waals surface area contributed by atoms with Gasteiger partial charge in [0.1, 0.15) is 0 Å². The van der Waals surface area contributed by atoms with E-state index < -0.39 is 11.1 Å². The zero-order valence-electron chi connectivity index (χ0n) is 22.0. The number of benzene rings is 3. The Morgan fingerprint density at radius 3 is 2.23 bits per heavy atom. The first-order chi connectivity index (χ1) is 18.8. The lowest BCUT2D eigenvalue weighted by molar-refractivity contribution is -0.0738. The maximum Gasteiger partial charge on any atom is 0.165 e. The summed E-state index contributed by atoms with van der Waals surface area (Å²) in [5.74, 6) is 0. The van der Waals surface area contributed by atoms with Crippen molar-refractivity contribution in [1.82, 2.24) is 19.6 Å². The van der Waals surface area contributed by atoms with E-state index in [9.17, 15) is 5.11 Å². The Bertz CT molecular complexity index is 1830.